The quantitative estimate of drug-likeness (QED) is 0.536. The summed E-state index contributed by atoms with van der Waals surface area (Å²) in [5.74, 6) is 0.159. The summed E-state index contributed by atoms with van der Waals surface area (Å²) in [5, 5.41) is 3.93. The number of carbonyl (C=O) groups excluding carboxylic acids is 1. The molecule has 3 aromatic rings. The van der Waals surface area contributed by atoms with Crippen LogP contribution in [0.15, 0.2) is 58.5 Å². The van der Waals surface area contributed by atoms with Crippen LogP contribution in [0.25, 0.3) is 16.6 Å². The molecule has 26 heavy (non-hydrogen) atoms. The van der Waals surface area contributed by atoms with Gasteiger partial charge in [0.25, 0.3) is 5.56 Å². The van der Waals surface area contributed by atoms with Crippen LogP contribution in [-0.2, 0) is 4.79 Å². The third-order valence-electron chi connectivity index (χ3n) is 3.91. The Kier molecular flexibility index (Phi) is 5.73. The molecule has 6 heteroatoms. The topological polar surface area (TPSA) is 64.0 Å². The molecular formula is C20H21N3O2S. The molecule has 0 radical (unpaired) electrons. The fourth-order valence-corrected chi connectivity index (χ4v) is 3.49. The third-order valence-corrected chi connectivity index (χ3v) is 4.85. The molecular weight excluding hydrogens is 346 g/mol. The van der Waals surface area contributed by atoms with E-state index >= 15 is 0 Å². The standard InChI is InChI=1S/C20H21N3O2S/c1-3-11-21-18(24)13-26-20-22-17-10-5-4-9-16(17)19(25)23(20)15-8-6-7-14(2)12-15/h4-10,12H,3,11,13H2,1-2H3,(H,21,24). The Balaban J connectivity index is 2.06. The number of aromatic nitrogens is 2. The molecule has 0 fully saturated rings. The van der Waals surface area contributed by atoms with E-state index < -0.39 is 0 Å². The molecule has 134 valence electrons. The third kappa shape index (κ3) is 3.96. The van der Waals surface area contributed by atoms with Crippen molar-refractivity contribution < 1.29 is 4.79 Å². The molecule has 0 saturated heterocycles. The predicted molar refractivity (Wildman–Crippen MR) is 106 cm³/mol. The summed E-state index contributed by atoms with van der Waals surface area (Å²) in [7, 11) is 0. The van der Waals surface area contributed by atoms with Gasteiger partial charge in [0, 0.05) is 6.54 Å². The number of aryl methyl sites for hydroxylation is 1. The van der Waals surface area contributed by atoms with E-state index in [0.29, 0.717) is 22.6 Å². The number of nitrogens with zero attached hydrogens (tertiary/aromatic N) is 2. The lowest BCUT2D eigenvalue weighted by atomic mass is 10.2. The van der Waals surface area contributed by atoms with Gasteiger partial charge in [0.2, 0.25) is 5.91 Å². The van der Waals surface area contributed by atoms with E-state index in [1.54, 1.807) is 10.6 Å². The molecule has 0 saturated carbocycles. The summed E-state index contributed by atoms with van der Waals surface area (Å²) < 4.78 is 1.59. The zero-order valence-electron chi connectivity index (χ0n) is 14.9. The zero-order chi connectivity index (χ0) is 18.5. The molecule has 5 nitrogen and oxygen atoms in total. The summed E-state index contributed by atoms with van der Waals surface area (Å²) in [6.07, 6.45) is 0.888. The molecule has 1 aromatic heterocycles. The van der Waals surface area contributed by atoms with Crippen molar-refractivity contribution in [2.45, 2.75) is 25.4 Å². The van der Waals surface area contributed by atoms with Crippen LogP contribution in [-0.4, -0.2) is 27.8 Å². The van der Waals surface area contributed by atoms with Crippen molar-refractivity contribution in [3.05, 3.63) is 64.4 Å². The summed E-state index contributed by atoms with van der Waals surface area (Å²) in [5.41, 5.74) is 2.32. The van der Waals surface area contributed by atoms with Crippen molar-refractivity contribution >= 4 is 28.6 Å². The minimum Gasteiger partial charge on any atom is -0.355 e. The summed E-state index contributed by atoms with van der Waals surface area (Å²) >= 11 is 1.28. The van der Waals surface area contributed by atoms with Gasteiger partial charge in [-0.1, -0.05) is 43.0 Å². The van der Waals surface area contributed by atoms with Crippen LogP contribution in [0.3, 0.4) is 0 Å². The molecule has 1 amide bonds. The maximum Gasteiger partial charge on any atom is 0.266 e. The van der Waals surface area contributed by atoms with Crippen molar-refractivity contribution in [1.29, 1.82) is 0 Å². The van der Waals surface area contributed by atoms with E-state index in [2.05, 4.69) is 10.3 Å². The second-order valence-corrected chi connectivity index (χ2v) is 6.97. The van der Waals surface area contributed by atoms with Crippen molar-refractivity contribution in [2.24, 2.45) is 0 Å². The highest BCUT2D eigenvalue weighted by Gasteiger charge is 2.14. The highest BCUT2D eigenvalue weighted by atomic mass is 32.2. The van der Waals surface area contributed by atoms with Crippen LogP contribution in [0.4, 0.5) is 0 Å². The van der Waals surface area contributed by atoms with Gasteiger partial charge in [-0.05, 0) is 43.2 Å². The molecule has 1 heterocycles. The first kappa shape index (κ1) is 18.2. The number of para-hydroxylation sites is 1. The number of thioether (sulfide) groups is 1. The molecule has 2 aromatic carbocycles. The number of hydrogen-bond donors (Lipinski definition) is 1. The molecule has 0 aliphatic rings. The van der Waals surface area contributed by atoms with Crippen molar-refractivity contribution in [3.63, 3.8) is 0 Å². The Labute approximate surface area is 156 Å². The Morgan fingerprint density at radius 3 is 2.77 bits per heavy atom. The van der Waals surface area contributed by atoms with Crippen molar-refractivity contribution in [1.82, 2.24) is 14.9 Å². The summed E-state index contributed by atoms with van der Waals surface area (Å²) in [6.45, 7) is 4.64. The van der Waals surface area contributed by atoms with Crippen molar-refractivity contribution in [3.8, 4) is 5.69 Å². The van der Waals surface area contributed by atoms with Gasteiger partial charge in [-0.25, -0.2) is 4.98 Å². The van der Waals surface area contributed by atoms with E-state index in [1.807, 2.05) is 56.3 Å². The lowest BCUT2D eigenvalue weighted by Gasteiger charge is -2.13. The number of rotatable bonds is 6. The number of carbonyl (C=O) groups is 1. The van der Waals surface area contributed by atoms with E-state index in [1.165, 1.54) is 11.8 Å². The first-order valence-electron chi connectivity index (χ1n) is 8.58. The molecule has 0 bridgehead atoms. The van der Waals surface area contributed by atoms with Gasteiger partial charge in [0.05, 0.1) is 22.3 Å². The SMILES string of the molecule is CCCNC(=O)CSc1nc2ccccc2c(=O)n1-c1cccc(C)c1. The van der Waals surface area contributed by atoms with Crippen LogP contribution in [0.2, 0.25) is 0 Å². The van der Waals surface area contributed by atoms with Crippen LogP contribution in [0.5, 0.6) is 0 Å². The second kappa shape index (κ2) is 8.19. The van der Waals surface area contributed by atoms with Gasteiger partial charge < -0.3 is 5.32 Å². The first-order valence-corrected chi connectivity index (χ1v) is 9.57. The average molecular weight is 367 g/mol. The van der Waals surface area contributed by atoms with E-state index in [-0.39, 0.29) is 17.2 Å². The van der Waals surface area contributed by atoms with E-state index in [9.17, 15) is 9.59 Å². The fourth-order valence-electron chi connectivity index (χ4n) is 2.65. The van der Waals surface area contributed by atoms with Crippen LogP contribution < -0.4 is 10.9 Å². The number of benzene rings is 2. The average Bonchev–Trinajstić information content (AvgIpc) is 2.64. The maximum atomic E-state index is 13.1. The highest BCUT2D eigenvalue weighted by Crippen LogP contribution is 2.21. The van der Waals surface area contributed by atoms with Crippen LogP contribution >= 0.6 is 11.8 Å². The van der Waals surface area contributed by atoms with E-state index in [0.717, 1.165) is 17.7 Å². The van der Waals surface area contributed by atoms with Gasteiger partial charge in [0.1, 0.15) is 0 Å². The molecule has 0 atom stereocenters. The Hall–Kier alpha value is -2.60. The minimum atomic E-state index is -0.127. The molecule has 3 rings (SSSR count). The predicted octanol–water partition coefficient (Wildman–Crippen LogP) is 3.31. The fraction of sp³-hybridized carbons (Fsp3) is 0.250. The first-order chi connectivity index (χ1) is 12.6. The number of fused-ring (bicyclic) bond motifs is 1. The second-order valence-electron chi connectivity index (χ2n) is 6.03. The van der Waals surface area contributed by atoms with Gasteiger partial charge >= 0.3 is 0 Å². The van der Waals surface area contributed by atoms with Crippen molar-refractivity contribution in [2.75, 3.05) is 12.3 Å². The number of amides is 1. The lowest BCUT2D eigenvalue weighted by molar-refractivity contribution is -0.118. The minimum absolute atomic E-state index is 0.0601. The Bertz CT molecular complexity index is 998. The van der Waals surface area contributed by atoms with Gasteiger partial charge in [-0.2, -0.15) is 0 Å². The van der Waals surface area contributed by atoms with Crippen LogP contribution in [0, 0.1) is 6.92 Å². The molecule has 0 aliphatic carbocycles. The largest absolute Gasteiger partial charge is 0.355 e. The lowest BCUT2D eigenvalue weighted by Crippen LogP contribution is -2.27. The highest BCUT2D eigenvalue weighted by molar-refractivity contribution is 7.99. The van der Waals surface area contributed by atoms with Crippen LogP contribution in [0.1, 0.15) is 18.9 Å². The Morgan fingerprint density at radius 2 is 2.00 bits per heavy atom. The normalized spacial score (nSPS) is 10.8. The maximum absolute atomic E-state index is 13.1. The van der Waals surface area contributed by atoms with Gasteiger partial charge in [-0.15, -0.1) is 0 Å². The summed E-state index contributed by atoms with van der Waals surface area (Å²) in [4.78, 5) is 29.7. The zero-order valence-corrected chi connectivity index (χ0v) is 15.7. The van der Waals surface area contributed by atoms with Gasteiger partial charge in [-0.3, -0.25) is 14.2 Å². The number of nitrogens with one attached hydrogen (secondary N) is 1. The molecule has 0 spiro atoms. The molecule has 1 N–H and O–H groups in total. The molecule has 0 unspecified atom stereocenters. The van der Waals surface area contributed by atoms with Gasteiger partial charge in [0.15, 0.2) is 5.16 Å². The molecule has 0 aliphatic heterocycles. The number of hydrogen-bond acceptors (Lipinski definition) is 4. The monoisotopic (exact) mass is 367 g/mol. The van der Waals surface area contributed by atoms with E-state index in [4.69, 9.17) is 0 Å². The Morgan fingerprint density at radius 1 is 1.19 bits per heavy atom. The smallest absolute Gasteiger partial charge is 0.266 e. The summed E-state index contributed by atoms with van der Waals surface area (Å²) in [6, 6.07) is 15.0.